The number of nitriles is 2. The average molecular weight is 359 g/mol. The van der Waals surface area contributed by atoms with Crippen LogP contribution in [0.1, 0.15) is 59.3 Å². The number of rotatable bonds is 10. The molecule has 0 bridgehead atoms. The number of hydrogen-bond donors (Lipinski definition) is 0. The summed E-state index contributed by atoms with van der Waals surface area (Å²) in [7, 11) is -1.08. The lowest BCUT2D eigenvalue weighted by Gasteiger charge is -2.32. The van der Waals surface area contributed by atoms with Crippen molar-refractivity contribution in [1.82, 2.24) is 13.5 Å². The summed E-state index contributed by atoms with van der Waals surface area (Å²) in [6, 6.07) is 0. The Morgan fingerprint density at radius 3 is 2.00 bits per heavy atom. The lowest BCUT2D eigenvalue weighted by molar-refractivity contribution is 0.229. The second-order valence-corrected chi connectivity index (χ2v) is 6.42. The van der Waals surface area contributed by atoms with E-state index >= 15 is 0 Å². The van der Waals surface area contributed by atoms with E-state index in [1.807, 2.05) is 20.8 Å². The Morgan fingerprint density at radius 1 is 1.00 bits per heavy atom. The normalized spacial score (nSPS) is 10.7. The van der Waals surface area contributed by atoms with Gasteiger partial charge in [0.15, 0.2) is 0 Å². The molecule has 0 aromatic carbocycles. The number of hydrogen-bond acceptors (Lipinski definition) is 6. The highest BCUT2D eigenvalue weighted by atomic mass is 16.4. The topological polar surface area (TPSA) is 123 Å². The fourth-order valence-electron chi connectivity index (χ4n) is 2.97. The van der Waals surface area contributed by atoms with Crippen LogP contribution < -0.4 is 17.1 Å². The third-order valence-electron chi connectivity index (χ3n) is 4.47. The van der Waals surface area contributed by atoms with Crippen LogP contribution in [0.15, 0.2) is 14.4 Å². The molecule has 0 unspecified atom stereocenters. The third kappa shape index (κ3) is 4.48. The monoisotopic (exact) mass is 359 g/mol. The standard InChI is InChI=1S/C15H23B2N5O4/c1-4-6-8-15(3,9-7-5-2)20-12(23)21(16-10-18)14(25)22(13(20)24)17-26-11-19/h16-17H,4-9H2,1-3H3. The molecule has 0 radical (unpaired) electrons. The predicted octanol–water partition coefficient (Wildman–Crippen LogP) is -0.440. The van der Waals surface area contributed by atoms with Gasteiger partial charge in [-0.15, -0.1) is 0 Å². The van der Waals surface area contributed by atoms with Gasteiger partial charge in [-0.25, -0.2) is 24.2 Å². The second kappa shape index (κ2) is 9.71. The van der Waals surface area contributed by atoms with E-state index in [4.69, 9.17) is 10.5 Å². The highest BCUT2D eigenvalue weighted by molar-refractivity contribution is 6.43. The zero-order valence-corrected chi connectivity index (χ0v) is 15.5. The molecule has 138 valence electrons. The Hall–Kier alpha value is -2.68. The fourth-order valence-corrected chi connectivity index (χ4v) is 2.97. The molecule has 1 rings (SSSR count). The fraction of sp³-hybridized carbons (Fsp3) is 0.667. The summed E-state index contributed by atoms with van der Waals surface area (Å²) in [4.78, 5) is 38.1. The third-order valence-corrected chi connectivity index (χ3v) is 4.47. The lowest BCUT2D eigenvalue weighted by atomic mass is 9.88. The van der Waals surface area contributed by atoms with Crippen LogP contribution in [0.5, 0.6) is 0 Å². The summed E-state index contributed by atoms with van der Waals surface area (Å²) in [5, 5.41) is 17.5. The van der Waals surface area contributed by atoms with Gasteiger partial charge in [0.25, 0.3) is 6.26 Å². The zero-order chi connectivity index (χ0) is 19.7. The van der Waals surface area contributed by atoms with Gasteiger partial charge in [-0.3, -0.25) is 8.96 Å². The lowest BCUT2D eigenvalue weighted by Crippen LogP contribution is -2.61. The first-order valence-electron chi connectivity index (χ1n) is 8.72. The number of nitrogens with zero attached hydrogens (tertiary/aromatic N) is 5. The van der Waals surface area contributed by atoms with E-state index in [1.165, 1.54) is 6.26 Å². The van der Waals surface area contributed by atoms with Crippen LogP contribution >= 0.6 is 0 Å². The van der Waals surface area contributed by atoms with Crippen LogP contribution in [-0.4, -0.2) is 28.6 Å². The maximum atomic E-state index is 12.9. The van der Waals surface area contributed by atoms with Crippen LogP contribution in [0.25, 0.3) is 0 Å². The smallest absolute Gasteiger partial charge is 0.476 e. The number of unbranched alkanes of at least 4 members (excludes halogenated alkanes) is 2. The van der Waals surface area contributed by atoms with Gasteiger partial charge in [0, 0.05) is 5.97 Å². The summed E-state index contributed by atoms with van der Waals surface area (Å²) in [5.41, 5.74) is -3.37. The van der Waals surface area contributed by atoms with Crippen LogP contribution in [-0.2, 0) is 10.2 Å². The molecular formula is C15H23B2N5O4. The SMILES string of the molecule is CCCCC(C)(CCCC)n1c(=O)n(BC#N)c(=O)n(BOC#N)c1=O. The van der Waals surface area contributed by atoms with Crippen molar-refractivity contribution >= 4 is 15.0 Å². The van der Waals surface area contributed by atoms with E-state index in [0.717, 1.165) is 30.3 Å². The molecule has 26 heavy (non-hydrogen) atoms. The first kappa shape index (κ1) is 21.4. The molecule has 0 saturated heterocycles. The molecule has 0 aliphatic heterocycles. The summed E-state index contributed by atoms with van der Waals surface area (Å²) >= 11 is 0. The average Bonchev–Trinajstić information content (AvgIpc) is 2.62. The molecule has 1 aromatic heterocycles. The molecule has 1 heterocycles. The van der Waals surface area contributed by atoms with Gasteiger partial charge in [-0.05, 0) is 19.8 Å². The number of aromatic nitrogens is 3. The van der Waals surface area contributed by atoms with Crippen LogP contribution in [0.4, 0.5) is 0 Å². The molecule has 0 amide bonds. The summed E-state index contributed by atoms with van der Waals surface area (Å²) in [6.45, 7) is 5.84. The van der Waals surface area contributed by atoms with E-state index in [-0.39, 0.29) is 0 Å². The van der Waals surface area contributed by atoms with Gasteiger partial charge in [0.05, 0.1) is 5.54 Å². The summed E-state index contributed by atoms with van der Waals surface area (Å²) in [6.07, 6.45) is 5.96. The van der Waals surface area contributed by atoms with Gasteiger partial charge in [-0.1, -0.05) is 39.5 Å². The molecule has 9 nitrogen and oxygen atoms in total. The van der Waals surface area contributed by atoms with Crippen molar-refractivity contribution in [3.05, 3.63) is 31.5 Å². The van der Waals surface area contributed by atoms with Crippen molar-refractivity contribution in [1.29, 1.82) is 10.5 Å². The van der Waals surface area contributed by atoms with E-state index in [0.29, 0.717) is 21.8 Å². The molecule has 0 aliphatic carbocycles. The first-order chi connectivity index (χ1) is 12.4. The van der Waals surface area contributed by atoms with Gasteiger partial charge in [-0.2, -0.15) is 5.26 Å². The van der Waals surface area contributed by atoms with Crippen molar-refractivity contribution in [2.24, 2.45) is 0 Å². The van der Waals surface area contributed by atoms with Crippen LogP contribution in [0.3, 0.4) is 0 Å². The van der Waals surface area contributed by atoms with Crippen LogP contribution in [0.2, 0.25) is 0 Å². The van der Waals surface area contributed by atoms with E-state index in [2.05, 4.69) is 4.65 Å². The largest absolute Gasteiger partial charge is 0.488 e. The molecule has 0 saturated carbocycles. The minimum Gasteiger partial charge on any atom is -0.476 e. The maximum Gasteiger partial charge on any atom is 0.488 e. The minimum atomic E-state index is -0.957. The molecular weight excluding hydrogens is 336 g/mol. The van der Waals surface area contributed by atoms with Crippen molar-refractivity contribution < 1.29 is 4.65 Å². The highest BCUT2D eigenvalue weighted by Gasteiger charge is 2.31. The van der Waals surface area contributed by atoms with E-state index < -0.39 is 37.6 Å². The van der Waals surface area contributed by atoms with E-state index in [9.17, 15) is 14.4 Å². The quantitative estimate of drug-likeness (QED) is 0.412. The van der Waals surface area contributed by atoms with E-state index in [1.54, 1.807) is 5.97 Å². The Balaban J connectivity index is 3.75. The zero-order valence-electron chi connectivity index (χ0n) is 15.5. The molecule has 0 atom stereocenters. The molecule has 11 heteroatoms. The van der Waals surface area contributed by atoms with Gasteiger partial charge in [0.1, 0.15) is 0 Å². The van der Waals surface area contributed by atoms with Crippen molar-refractivity contribution in [2.45, 2.75) is 64.8 Å². The van der Waals surface area contributed by atoms with Gasteiger partial charge < -0.3 is 4.65 Å². The summed E-state index contributed by atoms with van der Waals surface area (Å²) < 4.78 is 6.98. The van der Waals surface area contributed by atoms with Crippen LogP contribution in [0, 0.1) is 22.7 Å². The Labute approximate surface area is 153 Å². The Bertz CT molecular complexity index is 866. The minimum absolute atomic E-state index is 0.484. The molecule has 0 spiro atoms. The first-order valence-corrected chi connectivity index (χ1v) is 8.72. The molecule has 0 aliphatic rings. The van der Waals surface area contributed by atoms with Crippen molar-refractivity contribution in [3.8, 4) is 12.2 Å². The highest BCUT2D eigenvalue weighted by Crippen LogP contribution is 2.26. The van der Waals surface area contributed by atoms with Crippen molar-refractivity contribution in [3.63, 3.8) is 0 Å². The second-order valence-electron chi connectivity index (χ2n) is 6.42. The molecule has 1 aromatic rings. The predicted molar refractivity (Wildman–Crippen MR) is 99.3 cm³/mol. The van der Waals surface area contributed by atoms with Crippen molar-refractivity contribution in [2.75, 3.05) is 0 Å². The van der Waals surface area contributed by atoms with Gasteiger partial charge >= 0.3 is 32.1 Å². The Morgan fingerprint density at radius 2 is 1.54 bits per heavy atom. The maximum absolute atomic E-state index is 12.9. The molecule has 0 N–H and O–H groups in total. The Kier molecular flexibility index (Phi) is 7.98. The summed E-state index contributed by atoms with van der Waals surface area (Å²) in [5.74, 6) is 1.76. The molecule has 0 fully saturated rings. The van der Waals surface area contributed by atoms with Gasteiger partial charge in [0.2, 0.25) is 0 Å².